The molecular weight excluding hydrogens is 458 g/mol. The van der Waals surface area contributed by atoms with Crippen LogP contribution < -0.4 is 10.9 Å². The second-order valence-corrected chi connectivity index (χ2v) is 9.23. The highest BCUT2D eigenvalue weighted by Crippen LogP contribution is 2.18. The highest BCUT2D eigenvalue weighted by molar-refractivity contribution is 7.09. The van der Waals surface area contributed by atoms with Crippen molar-refractivity contribution < 1.29 is 4.79 Å². The van der Waals surface area contributed by atoms with Gasteiger partial charge in [-0.3, -0.25) is 14.2 Å². The summed E-state index contributed by atoms with van der Waals surface area (Å²) in [5.74, 6) is -0.427. The van der Waals surface area contributed by atoms with E-state index in [9.17, 15) is 9.59 Å². The third kappa shape index (κ3) is 4.27. The van der Waals surface area contributed by atoms with E-state index in [1.165, 1.54) is 9.39 Å². The lowest BCUT2D eigenvalue weighted by molar-refractivity contribution is 0.0944. The molecule has 0 bridgehead atoms. The summed E-state index contributed by atoms with van der Waals surface area (Å²) in [6, 6.07) is 17.1. The fourth-order valence-electron chi connectivity index (χ4n) is 3.74. The fourth-order valence-corrected chi connectivity index (χ4v) is 4.57. The van der Waals surface area contributed by atoms with Crippen LogP contribution in [0.3, 0.4) is 0 Å². The molecule has 0 spiro atoms. The SMILES string of the molecule is Cc1ccc2c(c1)n(Cc1ccc(Cl)cc1)c(=O)c1nc(C(=O)NCCc3cccs3)nn12. The molecule has 1 amide bonds. The predicted octanol–water partition coefficient (Wildman–Crippen LogP) is 4.09. The van der Waals surface area contributed by atoms with E-state index in [1.807, 2.05) is 54.8 Å². The zero-order chi connectivity index (χ0) is 22.9. The number of benzene rings is 2. The van der Waals surface area contributed by atoms with Gasteiger partial charge in [-0.15, -0.1) is 16.4 Å². The van der Waals surface area contributed by atoms with E-state index in [4.69, 9.17) is 11.6 Å². The number of amides is 1. The van der Waals surface area contributed by atoms with Crippen molar-refractivity contribution in [3.63, 3.8) is 0 Å². The van der Waals surface area contributed by atoms with E-state index in [0.29, 0.717) is 23.6 Å². The van der Waals surface area contributed by atoms with Gasteiger partial charge >= 0.3 is 0 Å². The van der Waals surface area contributed by atoms with Crippen LogP contribution in [0.5, 0.6) is 0 Å². The fraction of sp³-hybridized carbons (Fsp3) is 0.167. The molecule has 0 aliphatic carbocycles. The molecular formula is C24H20ClN5O2S. The predicted molar refractivity (Wildman–Crippen MR) is 130 cm³/mol. The van der Waals surface area contributed by atoms with E-state index in [1.54, 1.807) is 28.0 Å². The average Bonchev–Trinajstić information content (AvgIpc) is 3.48. The molecule has 166 valence electrons. The number of thiophene rings is 1. The highest BCUT2D eigenvalue weighted by atomic mass is 35.5. The molecule has 0 aliphatic heterocycles. The maximum Gasteiger partial charge on any atom is 0.296 e. The van der Waals surface area contributed by atoms with Crippen molar-refractivity contribution in [3.8, 4) is 0 Å². The molecule has 3 heterocycles. The van der Waals surface area contributed by atoms with E-state index in [0.717, 1.165) is 23.1 Å². The summed E-state index contributed by atoms with van der Waals surface area (Å²) in [6.45, 7) is 2.78. The topological polar surface area (TPSA) is 81.3 Å². The number of nitrogens with zero attached hydrogens (tertiary/aromatic N) is 4. The Balaban J connectivity index is 1.54. The smallest absolute Gasteiger partial charge is 0.296 e. The summed E-state index contributed by atoms with van der Waals surface area (Å²) >= 11 is 7.65. The molecule has 0 unspecified atom stereocenters. The zero-order valence-electron chi connectivity index (χ0n) is 17.8. The van der Waals surface area contributed by atoms with Gasteiger partial charge in [0.1, 0.15) is 0 Å². The minimum absolute atomic E-state index is 0.0237. The molecule has 0 radical (unpaired) electrons. The summed E-state index contributed by atoms with van der Waals surface area (Å²) in [5.41, 5.74) is 3.17. The number of aryl methyl sites for hydroxylation is 1. The Bertz CT molecular complexity index is 1520. The minimum atomic E-state index is -0.404. The zero-order valence-corrected chi connectivity index (χ0v) is 19.4. The molecule has 5 rings (SSSR count). The Kier molecular flexibility index (Phi) is 5.70. The highest BCUT2D eigenvalue weighted by Gasteiger charge is 2.19. The Morgan fingerprint density at radius 1 is 1.12 bits per heavy atom. The first-order valence-electron chi connectivity index (χ1n) is 10.4. The number of carbonyl (C=O) groups excluding carboxylic acids is 1. The standard InChI is InChI=1S/C24H20ClN5O2S/c1-15-4-9-19-20(13-15)29(14-16-5-7-17(25)8-6-16)24(32)22-27-21(28-30(19)22)23(31)26-11-10-18-3-2-12-33-18/h2-9,12-13H,10-11,14H2,1H3,(H,26,31). The van der Waals surface area contributed by atoms with E-state index in [-0.39, 0.29) is 17.0 Å². The molecule has 9 heteroatoms. The monoisotopic (exact) mass is 477 g/mol. The summed E-state index contributed by atoms with van der Waals surface area (Å²) in [5, 5.41) is 9.85. The van der Waals surface area contributed by atoms with Crippen LogP contribution in [-0.2, 0) is 13.0 Å². The average molecular weight is 478 g/mol. The number of hydrogen-bond donors (Lipinski definition) is 1. The van der Waals surface area contributed by atoms with Crippen LogP contribution in [0, 0.1) is 6.92 Å². The number of hydrogen-bond acceptors (Lipinski definition) is 5. The van der Waals surface area contributed by atoms with Crippen LogP contribution in [0.1, 0.15) is 26.6 Å². The first-order valence-corrected chi connectivity index (χ1v) is 11.7. The van der Waals surface area contributed by atoms with Crippen molar-refractivity contribution in [3.05, 3.63) is 97.2 Å². The first kappa shape index (κ1) is 21.4. The lowest BCUT2D eigenvalue weighted by atomic mass is 10.2. The third-order valence-corrected chi connectivity index (χ3v) is 6.58. The molecule has 0 saturated carbocycles. The van der Waals surface area contributed by atoms with Gasteiger partial charge in [0.05, 0.1) is 17.6 Å². The van der Waals surface area contributed by atoms with E-state index in [2.05, 4.69) is 15.4 Å². The molecule has 0 saturated heterocycles. The van der Waals surface area contributed by atoms with Gasteiger partial charge in [-0.05, 0) is 60.2 Å². The van der Waals surface area contributed by atoms with Gasteiger partial charge in [-0.1, -0.05) is 35.9 Å². The van der Waals surface area contributed by atoms with Crippen molar-refractivity contribution in [2.75, 3.05) is 6.54 Å². The number of carbonyl (C=O) groups is 1. The van der Waals surface area contributed by atoms with Crippen molar-refractivity contribution >= 4 is 45.5 Å². The number of fused-ring (bicyclic) bond motifs is 3. The molecule has 2 aromatic carbocycles. The van der Waals surface area contributed by atoms with Crippen LogP contribution in [0.25, 0.3) is 16.7 Å². The maximum absolute atomic E-state index is 13.4. The second kappa shape index (κ2) is 8.80. The Labute approximate surface area is 198 Å². The van der Waals surface area contributed by atoms with E-state index >= 15 is 0 Å². The molecule has 7 nitrogen and oxygen atoms in total. The van der Waals surface area contributed by atoms with Gasteiger partial charge in [0.15, 0.2) is 0 Å². The summed E-state index contributed by atoms with van der Waals surface area (Å²) < 4.78 is 3.12. The summed E-state index contributed by atoms with van der Waals surface area (Å²) in [6.07, 6.45) is 0.729. The largest absolute Gasteiger partial charge is 0.349 e. The van der Waals surface area contributed by atoms with Crippen molar-refractivity contribution in [1.82, 2.24) is 24.5 Å². The minimum Gasteiger partial charge on any atom is -0.349 e. The molecule has 1 N–H and O–H groups in total. The van der Waals surface area contributed by atoms with Crippen molar-refractivity contribution in [1.29, 1.82) is 0 Å². The van der Waals surface area contributed by atoms with Gasteiger partial charge in [0.2, 0.25) is 11.5 Å². The van der Waals surface area contributed by atoms with Crippen LogP contribution in [-0.4, -0.2) is 31.6 Å². The van der Waals surface area contributed by atoms with Crippen molar-refractivity contribution in [2.24, 2.45) is 0 Å². The molecule has 0 fully saturated rings. The molecule has 0 aliphatic rings. The second-order valence-electron chi connectivity index (χ2n) is 7.77. The van der Waals surface area contributed by atoms with E-state index < -0.39 is 5.91 Å². The van der Waals surface area contributed by atoms with Crippen molar-refractivity contribution in [2.45, 2.75) is 19.9 Å². The maximum atomic E-state index is 13.4. The number of rotatable bonds is 6. The Morgan fingerprint density at radius 3 is 2.70 bits per heavy atom. The summed E-state index contributed by atoms with van der Waals surface area (Å²) in [4.78, 5) is 31.6. The molecule has 0 atom stereocenters. The first-order chi connectivity index (χ1) is 16.0. The number of aromatic nitrogens is 4. The Hall–Kier alpha value is -3.49. The van der Waals surface area contributed by atoms with Crippen LogP contribution in [0.15, 0.2) is 64.8 Å². The lowest BCUT2D eigenvalue weighted by Gasteiger charge is -2.12. The number of halogens is 1. The van der Waals surface area contributed by atoms with Gasteiger partial charge in [-0.25, -0.2) is 4.52 Å². The van der Waals surface area contributed by atoms with Gasteiger partial charge in [0, 0.05) is 16.4 Å². The number of nitrogens with one attached hydrogen (secondary N) is 1. The van der Waals surface area contributed by atoms with Gasteiger partial charge in [-0.2, -0.15) is 4.98 Å². The van der Waals surface area contributed by atoms with Gasteiger partial charge in [0.25, 0.3) is 11.5 Å². The molecule has 3 aromatic heterocycles. The summed E-state index contributed by atoms with van der Waals surface area (Å²) in [7, 11) is 0. The molecule has 33 heavy (non-hydrogen) atoms. The third-order valence-electron chi connectivity index (χ3n) is 5.39. The van der Waals surface area contributed by atoms with Crippen LogP contribution >= 0.6 is 22.9 Å². The van der Waals surface area contributed by atoms with Crippen LogP contribution in [0.4, 0.5) is 0 Å². The van der Waals surface area contributed by atoms with Crippen LogP contribution in [0.2, 0.25) is 5.02 Å². The normalized spacial score (nSPS) is 11.3. The Morgan fingerprint density at radius 2 is 1.94 bits per heavy atom. The van der Waals surface area contributed by atoms with Gasteiger partial charge < -0.3 is 5.32 Å². The quantitative estimate of drug-likeness (QED) is 0.399. The lowest BCUT2D eigenvalue weighted by Crippen LogP contribution is -2.26. The molecule has 5 aromatic rings.